The van der Waals surface area contributed by atoms with Crippen molar-refractivity contribution in [3.05, 3.63) is 94.5 Å². The van der Waals surface area contributed by atoms with Gasteiger partial charge in [-0.25, -0.2) is 9.78 Å². The molecule has 3 aromatic carbocycles. The van der Waals surface area contributed by atoms with Crippen LogP contribution < -0.4 is 10.1 Å². The van der Waals surface area contributed by atoms with Gasteiger partial charge in [-0.3, -0.25) is 4.57 Å². The second kappa shape index (κ2) is 8.64. The van der Waals surface area contributed by atoms with Gasteiger partial charge in [0.05, 0.1) is 42.1 Å². The number of methoxy groups -OCH3 is 1. The predicted molar refractivity (Wildman–Crippen MR) is 129 cm³/mol. The number of halogens is 1. The Morgan fingerprint density at radius 2 is 1.79 bits per heavy atom. The summed E-state index contributed by atoms with van der Waals surface area (Å²) in [6, 6.07) is 22.4. The van der Waals surface area contributed by atoms with Crippen LogP contribution in [0.25, 0.3) is 16.7 Å². The molecule has 1 N–H and O–H groups in total. The Hall–Kier alpha value is -3.77. The molecule has 6 nitrogen and oxygen atoms in total. The number of esters is 1. The van der Waals surface area contributed by atoms with Crippen molar-refractivity contribution in [3.8, 4) is 5.75 Å². The number of rotatable bonds is 5. The van der Waals surface area contributed by atoms with Crippen molar-refractivity contribution in [3.63, 3.8) is 0 Å². The summed E-state index contributed by atoms with van der Waals surface area (Å²) in [5, 5.41) is 3.95. The number of aromatic nitrogens is 2. The van der Waals surface area contributed by atoms with Gasteiger partial charge in [-0.05, 0) is 60.5 Å². The van der Waals surface area contributed by atoms with Crippen LogP contribution in [0.1, 0.15) is 24.1 Å². The van der Waals surface area contributed by atoms with Crippen LogP contribution in [0.2, 0.25) is 5.02 Å². The Morgan fingerprint density at radius 1 is 1.06 bits per heavy atom. The number of para-hydroxylation sites is 2. The number of hydrogen-bond acceptors (Lipinski definition) is 5. The normalized spacial score (nSPS) is 15.2. The molecule has 0 aliphatic carbocycles. The van der Waals surface area contributed by atoms with Crippen LogP contribution in [-0.2, 0) is 9.53 Å². The number of nitrogens with zero attached hydrogens (tertiary/aromatic N) is 2. The van der Waals surface area contributed by atoms with Gasteiger partial charge in [0, 0.05) is 5.02 Å². The fourth-order valence-electron chi connectivity index (χ4n) is 4.24. The Kier molecular flexibility index (Phi) is 5.52. The first-order valence-electron chi connectivity index (χ1n) is 10.7. The van der Waals surface area contributed by atoms with Crippen LogP contribution in [0.4, 0.5) is 5.95 Å². The number of carbonyl (C=O) groups excluding carboxylic acids is 1. The van der Waals surface area contributed by atoms with Gasteiger partial charge in [-0.15, -0.1) is 0 Å². The third kappa shape index (κ3) is 3.62. The summed E-state index contributed by atoms with van der Waals surface area (Å²) in [4.78, 5) is 18.3. The van der Waals surface area contributed by atoms with Crippen molar-refractivity contribution in [1.29, 1.82) is 0 Å². The smallest absolute Gasteiger partial charge is 0.338 e. The van der Waals surface area contributed by atoms with Crippen molar-refractivity contribution < 1.29 is 14.3 Å². The van der Waals surface area contributed by atoms with E-state index in [-0.39, 0.29) is 6.61 Å². The largest absolute Gasteiger partial charge is 0.497 e. The molecule has 0 spiro atoms. The van der Waals surface area contributed by atoms with Crippen molar-refractivity contribution >= 4 is 40.2 Å². The highest BCUT2D eigenvalue weighted by molar-refractivity contribution is 6.31. The Bertz CT molecular complexity index is 1380. The van der Waals surface area contributed by atoms with E-state index < -0.39 is 12.0 Å². The van der Waals surface area contributed by atoms with Gasteiger partial charge in [0.1, 0.15) is 5.75 Å². The molecule has 1 aliphatic rings. The summed E-state index contributed by atoms with van der Waals surface area (Å²) in [5.41, 5.74) is 4.40. The van der Waals surface area contributed by atoms with Crippen LogP contribution in [-0.4, -0.2) is 29.2 Å². The van der Waals surface area contributed by atoms with E-state index in [0.29, 0.717) is 22.2 Å². The average Bonchev–Trinajstić information content (AvgIpc) is 3.22. The van der Waals surface area contributed by atoms with Crippen LogP contribution in [0.5, 0.6) is 5.75 Å². The SMILES string of the molecule is CCOC(=O)C1=C(c2ccc(OC)cc2)Nc2nc3ccccc3n2[C@@H]1c1ccccc1Cl. The van der Waals surface area contributed by atoms with Gasteiger partial charge < -0.3 is 14.8 Å². The number of imidazole rings is 1. The highest BCUT2D eigenvalue weighted by Crippen LogP contribution is 2.44. The van der Waals surface area contributed by atoms with Crippen molar-refractivity contribution in [2.45, 2.75) is 13.0 Å². The number of ether oxygens (including phenoxy) is 2. The minimum absolute atomic E-state index is 0.255. The Balaban J connectivity index is 1.83. The molecule has 33 heavy (non-hydrogen) atoms. The summed E-state index contributed by atoms with van der Waals surface area (Å²) >= 11 is 6.68. The number of carbonyl (C=O) groups is 1. The summed E-state index contributed by atoms with van der Waals surface area (Å²) in [5.74, 6) is 0.937. The first kappa shape index (κ1) is 21.1. The molecule has 4 aromatic rings. The molecular formula is C26H22ClN3O3. The molecule has 166 valence electrons. The summed E-state index contributed by atoms with van der Waals surface area (Å²) in [7, 11) is 1.62. The third-order valence-electron chi connectivity index (χ3n) is 5.71. The zero-order valence-corrected chi connectivity index (χ0v) is 19.0. The maximum Gasteiger partial charge on any atom is 0.338 e. The minimum Gasteiger partial charge on any atom is -0.497 e. The van der Waals surface area contributed by atoms with Crippen molar-refractivity contribution in [2.75, 3.05) is 19.0 Å². The highest BCUT2D eigenvalue weighted by Gasteiger charge is 2.37. The van der Waals surface area contributed by atoms with Gasteiger partial charge in [0.15, 0.2) is 0 Å². The monoisotopic (exact) mass is 459 g/mol. The van der Waals surface area contributed by atoms with Gasteiger partial charge in [-0.2, -0.15) is 0 Å². The van der Waals surface area contributed by atoms with Crippen LogP contribution in [0.15, 0.2) is 78.4 Å². The molecule has 1 atom stereocenters. The summed E-state index contributed by atoms with van der Waals surface area (Å²) in [6.45, 7) is 2.05. The first-order chi connectivity index (χ1) is 16.1. The second-order valence-electron chi connectivity index (χ2n) is 7.58. The van der Waals surface area contributed by atoms with Crippen LogP contribution >= 0.6 is 11.6 Å². The lowest BCUT2D eigenvalue weighted by molar-refractivity contribution is -0.138. The zero-order valence-electron chi connectivity index (χ0n) is 18.2. The molecule has 0 unspecified atom stereocenters. The Morgan fingerprint density at radius 3 is 2.52 bits per heavy atom. The quantitative estimate of drug-likeness (QED) is 0.388. The van der Waals surface area contributed by atoms with Crippen LogP contribution in [0, 0.1) is 0 Å². The van der Waals surface area contributed by atoms with E-state index in [9.17, 15) is 4.79 Å². The molecule has 0 fully saturated rings. The first-order valence-corrected chi connectivity index (χ1v) is 11.0. The molecule has 0 radical (unpaired) electrons. The molecule has 1 aliphatic heterocycles. The maximum atomic E-state index is 13.4. The molecule has 0 bridgehead atoms. The highest BCUT2D eigenvalue weighted by atomic mass is 35.5. The van der Waals surface area contributed by atoms with Gasteiger partial charge in [0.2, 0.25) is 5.95 Å². The molecule has 0 amide bonds. The molecule has 5 rings (SSSR count). The fraction of sp³-hybridized carbons (Fsp3) is 0.154. The molecule has 1 aromatic heterocycles. The van der Waals surface area contributed by atoms with Gasteiger partial charge >= 0.3 is 5.97 Å². The lowest BCUT2D eigenvalue weighted by Gasteiger charge is -2.32. The van der Waals surface area contributed by atoms with Crippen LogP contribution in [0.3, 0.4) is 0 Å². The molecule has 7 heteroatoms. The minimum atomic E-state index is -0.529. The van der Waals surface area contributed by atoms with E-state index in [1.54, 1.807) is 14.0 Å². The molecule has 0 saturated heterocycles. The number of benzene rings is 3. The average molecular weight is 460 g/mol. The van der Waals surface area contributed by atoms with Crippen molar-refractivity contribution in [2.24, 2.45) is 0 Å². The van der Waals surface area contributed by atoms with E-state index in [1.807, 2.05) is 77.4 Å². The molecule has 2 heterocycles. The number of anilines is 1. The van der Waals surface area contributed by atoms with E-state index in [2.05, 4.69) is 5.32 Å². The molecular weight excluding hydrogens is 438 g/mol. The number of hydrogen-bond donors (Lipinski definition) is 1. The maximum absolute atomic E-state index is 13.4. The Labute approximate surface area is 196 Å². The van der Waals surface area contributed by atoms with E-state index in [4.69, 9.17) is 26.1 Å². The number of fused-ring (bicyclic) bond motifs is 3. The zero-order chi connectivity index (χ0) is 22.9. The molecule has 0 saturated carbocycles. The van der Waals surface area contributed by atoms with E-state index >= 15 is 0 Å². The lowest BCUT2D eigenvalue weighted by atomic mass is 9.92. The fourth-order valence-corrected chi connectivity index (χ4v) is 4.48. The second-order valence-corrected chi connectivity index (χ2v) is 7.99. The van der Waals surface area contributed by atoms with Crippen molar-refractivity contribution in [1.82, 2.24) is 9.55 Å². The topological polar surface area (TPSA) is 65.4 Å². The standard InChI is InChI=1S/C26H22ClN3O3/c1-3-33-25(31)22-23(16-12-14-17(32-2)15-13-16)29-26-28-20-10-6-7-11-21(20)30(26)24(22)18-8-4-5-9-19(18)27/h4-15,24H,3H2,1-2H3,(H,28,29)/t24-/m1/s1. The summed E-state index contributed by atoms with van der Waals surface area (Å²) in [6.07, 6.45) is 0. The number of nitrogens with one attached hydrogen (secondary N) is 1. The lowest BCUT2D eigenvalue weighted by Crippen LogP contribution is -2.29. The van der Waals surface area contributed by atoms with Gasteiger partial charge in [-0.1, -0.05) is 41.9 Å². The van der Waals surface area contributed by atoms with E-state index in [0.717, 1.165) is 27.9 Å². The predicted octanol–water partition coefficient (Wildman–Crippen LogP) is 5.69. The van der Waals surface area contributed by atoms with E-state index in [1.165, 1.54) is 0 Å². The van der Waals surface area contributed by atoms with Gasteiger partial charge in [0.25, 0.3) is 0 Å². The third-order valence-corrected chi connectivity index (χ3v) is 6.05. The summed E-state index contributed by atoms with van der Waals surface area (Å²) < 4.78 is 12.9.